The van der Waals surface area contributed by atoms with Gasteiger partial charge in [-0.15, -0.1) is 0 Å². The van der Waals surface area contributed by atoms with Crippen molar-refractivity contribution in [2.75, 3.05) is 7.11 Å². The molecule has 5 aromatic rings. The van der Waals surface area contributed by atoms with E-state index in [0.29, 0.717) is 22.8 Å². The number of halogens is 2. The number of hydrogen-bond donors (Lipinski definition) is 1. The number of benzene rings is 1. The van der Waals surface area contributed by atoms with Gasteiger partial charge in [0, 0.05) is 18.2 Å². The number of imidazole rings is 2. The largest absolute Gasteiger partial charge is 0.497 e. The number of methoxy groups -OCH3 is 1. The second-order valence-corrected chi connectivity index (χ2v) is 7.35. The van der Waals surface area contributed by atoms with Crippen molar-refractivity contribution in [3.05, 3.63) is 77.2 Å². The standard InChI is InChI=1S/C22H17ClFN5O/c1-30-14-4-5-15(16(23)10-14)18-11-25-21-9-3-13(12-29(18)21)2-8-20-26-17-6-7-19(24)27-22(17)28-20/h3-7,9-12H,2,8H2,1H3,(H,26,27,28). The summed E-state index contributed by atoms with van der Waals surface area (Å²) in [6.45, 7) is 0. The highest BCUT2D eigenvalue weighted by molar-refractivity contribution is 6.33. The number of rotatable bonds is 5. The molecule has 0 amide bonds. The average Bonchev–Trinajstić information content (AvgIpc) is 3.35. The van der Waals surface area contributed by atoms with Gasteiger partial charge in [0.15, 0.2) is 5.65 Å². The van der Waals surface area contributed by atoms with Crippen LogP contribution in [0.4, 0.5) is 4.39 Å². The van der Waals surface area contributed by atoms with Crippen molar-refractivity contribution in [3.8, 4) is 17.0 Å². The minimum absolute atomic E-state index is 0.395. The van der Waals surface area contributed by atoms with Crippen LogP contribution in [0.2, 0.25) is 5.02 Å². The summed E-state index contributed by atoms with van der Waals surface area (Å²) in [6.07, 6.45) is 5.30. The molecular formula is C22H17ClFN5O. The van der Waals surface area contributed by atoms with E-state index in [2.05, 4.69) is 26.1 Å². The monoisotopic (exact) mass is 421 g/mol. The van der Waals surface area contributed by atoms with Crippen LogP contribution in [-0.4, -0.2) is 31.4 Å². The zero-order chi connectivity index (χ0) is 20.7. The first-order valence-corrected chi connectivity index (χ1v) is 9.79. The van der Waals surface area contributed by atoms with E-state index in [1.165, 1.54) is 6.07 Å². The third kappa shape index (κ3) is 3.37. The van der Waals surface area contributed by atoms with Gasteiger partial charge in [-0.3, -0.25) is 4.40 Å². The van der Waals surface area contributed by atoms with Gasteiger partial charge in [-0.05, 0) is 48.4 Å². The first-order valence-electron chi connectivity index (χ1n) is 9.42. The van der Waals surface area contributed by atoms with E-state index in [4.69, 9.17) is 16.3 Å². The first kappa shape index (κ1) is 18.6. The van der Waals surface area contributed by atoms with Crippen LogP contribution in [0, 0.1) is 5.95 Å². The average molecular weight is 422 g/mol. The fourth-order valence-electron chi connectivity index (χ4n) is 3.50. The van der Waals surface area contributed by atoms with Gasteiger partial charge < -0.3 is 9.72 Å². The van der Waals surface area contributed by atoms with Gasteiger partial charge in [0.1, 0.15) is 17.2 Å². The van der Waals surface area contributed by atoms with Crippen LogP contribution in [0.1, 0.15) is 11.4 Å². The van der Waals surface area contributed by atoms with Gasteiger partial charge in [-0.2, -0.15) is 9.37 Å². The van der Waals surface area contributed by atoms with Gasteiger partial charge >= 0.3 is 0 Å². The predicted molar refractivity (Wildman–Crippen MR) is 113 cm³/mol. The maximum absolute atomic E-state index is 13.3. The Labute approximate surface area is 176 Å². The number of aromatic nitrogens is 5. The number of H-pyrrole nitrogens is 1. The zero-order valence-electron chi connectivity index (χ0n) is 16.1. The Morgan fingerprint density at radius 2 is 2.00 bits per heavy atom. The smallest absolute Gasteiger partial charge is 0.215 e. The van der Waals surface area contributed by atoms with Crippen LogP contribution in [0.15, 0.2) is 54.9 Å². The topological polar surface area (TPSA) is 68.1 Å². The lowest BCUT2D eigenvalue weighted by Gasteiger charge is -2.08. The van der Waals surface area contributed by atoms with Crippen molar-refractivity contribution in [1.29, 1.82) is 0 Å². The molecule has 0 bridgehead atoms. The van der Waals surface area contributed by atoms with Crippen molar-refractivity contribution >= 4 is 28.4 Å². The zero-order valence-corrected chi connectivity index (χ0v) is 16.8. The molecule has 30 heavy (non-hydrogen) atoms. The van der Waals surface area contributed by atoms with Crippen molar-refractivity contribution in [3.63, 3.8) is 0 Å². The molecule has 4 aromatic heterocycles. The number of aryl methyl sites for hydroxylation is 2. The predicted octanol–water partition coefficient (Wildman–Crippen LogP) is 4.86. The summed E-state index contributed by atoms with van der Waals surface area (Å²) in [6, 6.07) is 12.6. The molecule has 150 valence electrons. The molecule has 0 aliphatic heterocycles. The molecule has 0 aliphatic carbocycles. The maximum atomic E-state index is 13.3. The van der Waals surface area contributed by atoms with Crippen LogP contribution in [0.3, 0.4) is 0 Å². The lowest BCUT2D eigenvalue weighted by Crippen LogP contribution is -1.97. The Balaban J connectivity index is 1.43. The molecular weight excluding hydrogens is 405 g/mol. The fourth-order valence-corrected chi connectivity index (χ4v) is 3.77. The molecule has 8 heteroatoms. The molecule has 0 radical (unpaired) electrons. The van der Waals surface area contributed by atoms with E-state index in [1.54, 1.807) is 19.2 Å². The number of nitrogens with one attached hydrogen (secondary N) is 1. The highest BCUT2D eigenvalue weighted by Crippen LogP contribution is 2.31. The number of aromatic amines is 1. The van der Waals surface area contributed by atoms with Crippen LogP contribution >= 0.6 is 11.6 Å². The molecule has 0 aliphatic rings. The van der Waals surface area contributed by atoms with Crippen LogP contribution < -0.4 is 4.74 Å². The lowest BCUT2D eigenvalue weighted by molar-refractivity contribution is 0.415. The molecule has 0 fully saturated rings. The summed E-state index contributed by atoms with van der Waals surface area (Å²) in [5.41, 5.74) is 4.87. The second kappa shape index (κ2) is 7.42. The molecule has 0 saturated heterocycles. The van der Waals surface area contributed by atoms with Gasteiger partial charge in [0.05, 0.1) is 29.5 Å². The fraction of sp³-hybridized carbons (Fsp3) is 0.136. The van der Waals surface area contributed by atoms with Crippen molar-refractivity contribution in [1.82, 2.24) is 24.3 Å². The maximum Gasteiger partial charge on any atom is 0.215 e. The Kier molecular flexibility index (Phi) is 4.59. The van der Waals surface area contributed by atoms with Gasteiger partial charge in [0.25, 0.3) is 0 Å². The Morgan fingerprint density at radius 3 is 2.83 bits per heavy atom. The Morgan fingerprint density at radius 1 is 1.10 bits per heavy atom. The van der Waals surface area contributed by atoms with E-state index in [1.807, 2.05) is 34.9 Å². The minimum Gasteiger partial charge on any atom is -0.497 e. The molecule has 6 nitrogen and oxygen atoms in total. The van der Waals surface area contributed by atoms with E-state index in [-0.39, 0.29) is 0 Å². The highest BCUT2D eigenvalue weighted by atomic mass is 35.5. The molecule has 4 heterocycles. The first-order chi connectivity index (χ1) is 14.6. The number of pyridine rings is 2. The molecule has 0 spiro atoms. The van der Waals surface area contributed by atoms with E-state index >= 15 is 0 Å². The summed E-state index contributed by atoms with van der Waals surface area (Å²) in [5.74, 6) is 0.946. The molecule has 1 N–H and O–H groups in total. The lowest BCUT2D eigenvalue weighted by atomic mass is 10.1. The van der Waals surface area contributed by atoms with Gasteiger partial charge in [0.2, 0.25) is 5.95 Å². The SMILES string of the molecule is COc1ccc(-c2cnc3ccc(CCc4nc5nc(F)ccc5[nH]4)cn23)c(Cl)c1. The summed E-state index contributed by atoms with van der Waals surface area (Å²) < 4.78 is 20.5. The summed E-state index contributed by atoms with van der Waals surface area (Å²) in [4.78, 5) is 15.9. The van der Waals surface area contributed by atoms with Gasteiger partial charge in [-0.1, -0.05) is 17.7 Å². The quantitative estimate of drug-likeness (QED) is 0.411. The molecule has 5 rings (SSSR count). The normalized spacial score (nSPS) is 11.4. The van der Waals surface area contributed by atoms with E-state index in [9.17, 15) is 4.39 Å². The molecule has 0 saturated carbocycles. The highest BCUT2D eigenvalue weighted by Gasteiger charge is 2.12. The third-order valence-electron chi connectivity index (χ3n) is 5.03. The molecule has 0 atom stereocenters. The molecule has 1 aromatic carbocycles. The number of nitrogens with zero attached hydrogens (tertiary/aromatic N) is 4. The number of hydrogen-bond acceptors (Lipinski definition) is 4. The minimum atomic E-state index is -0.532. The van der Waals surface area contributed by atoms with Crippen molar-refractivity contribution in [2.45, 2.75) is 12.8 Å². The number of fused-ring (bicyclic) bond motifs is 2. The van der Waals surface area contributed by atoms with Crippen LogP contribution in [-0.2, 0) is 12.8 Å². The van der Waals surface area contributed by atoms with Crippen molar-refractivity contribution in [2.24, 2.45) is 0 Å². The van der Waals surface area contributed by atoms with E-state index < -0.39 is 5.95 Å². The van der Waals surface area contributed by atoms with Crippen LogP contribution in [0.25, 0.3) is 28.1 Å². The Hall–Kier alpha value is -3.45. The van der Waals surface area contributed by atoms with Crippen molar-refractivity contribution < 1.29 is 9.13 Å². The summed E-state index contributed by atoms with van der Waals surface area (Å²) in [7, 11) is 1.61. The van der Waals surface area contributed by atoms with E-state index in [0.717, 1.165) is 40.2 Å². The third-order valence-corrected chi connectivity index (χ3v) is 5.34. The second-order valence-electron chi connectivity index (χ2n) is 6.94. The van der Waals surface area contributed by atoms with Gasteiger partial charge in [-0.25, -0.2) is 9.97 Å². The molecule has 0 unspecified atom stereocenters. The summed E-state index contributed by atoms with van der Waals surface area (Å²) >= 11 is 6.46. The summed E-state index contributed by atoms with van der Waals surface area (Å²) in [5, 5.41) is 0.601. The number of ether oxygens (including phenoxy) is 1. The van der Waals surface area contributed by atoms with Crippen LogP contribution in [0.5, 0.6) is 5.75 Å². The Bertz CT molecular complexity index is 1380.